The summed E-state index contributed by atoms with van der Waals surface area (Å²) in [6.07, 6.45) is -2.64. The molecule has 164 valence electrons. The van der Waals surface area contributed by atoms with Crippen LogP contribution in [-0.2, 0) is 28.8 Å². The van der Waals surface area contributed by atoms with Crippen LogP contribution >= 0.6 is 0 Å². The summed E-state index contributed by atoms with van der Waals surface area (Å²) in [7, 11) is 0. The SMILES string of the molecule is CC(O)C(NC(=O)CNC(=O)C(CC(N)=O)NC(=O)C(N)CCC(=O)O)C(=O)O. The second-order valence-corrected chi connectivity index (χ2v) is 6.11. The molecule has 0 aromatic rings. The summed E-state index contributed by atoms with van der Waals surface area (Å²) in [5.41, 5.74) is 10.5. The molecule has 14 heteroatoms. The van der Waals surface area contributed by atoms with Crippen molar-refractivity contribution in [3.05, 3.63) is 0 Å². The van der Waals surface area contributed by atoms with Gasteiger partial charge in [-0.25, -0.2) is 4.79 Å². The summed E-state index contributed by atoms with van der Waals surface area (Å²) in [5, 5.41) is 33.0. The first-order chi connectivity index (χ1) is 13.3. The lowest BCUT2D eigenvalue weighted by Gasteiger charge is -2.20. The van der Waals surface area contributed by atoms with Crippen LogP contribution in [0.4, 0.5) is 0 Å². The second kappa shape index (κ2) is 12.2. The number of amides is 4. The molecular weight excluding hydrogens is 394 g/mol. The summed E-state index contributed by atoms with van der Waals surface area (Å²) in [4.78, 5) is 68.4. The Morgan fingerprint density at radius 3 is 2.03 bits per heavy atom. The van der Waals surface area contributed by atoms with E-state index in [9.17, 15) is 33.9 Å². The zero-order valence-electron chi connectivity index (χ0n) is 15.6. The summed E-state index contributed by atoms with van der Waals surface area (Å²) in [5.74, 6) is -6.46. The highest BCUT2D eigenvalue weighted by molar-refractivity contribution is 5.95. The van der Waals surface area contributed by atoms with E-state index in [1.54, 1.807) is 0 Å². The maximum Gasteiger partial charge on any atom is 0.328 e. The van der Waals surface area contributed by atoms with Crippen LogP contribution in [0.5, 0.6) is 0 Å². The first kappa shape index (κ1) is 25.7. The van der Waals surface area contributed by atoms with Crippen molar-refractivity contribution in [2.75, 3.05) is 6.54 Å². The number of aliphatic hydroxyl groups is 1. The predicted molar refractivity (Wildman–Crippen MR) is 94.8 cm³/mol. The van der Waals surface area contributed by atoms with Gasteiger partial charge in [0.05, 0.1) is 25.1 Å². The maximum atomic E-state index is 12.1. The summed E-state index contributed by atoms with van der Waals surface area (Å²) >= 11 is 0. The molecule has 0 spiro atoms. The molecule has 0 aliphatic rings. The van der Waals surface area contributed by atoms with Gasteiger partial charge in [-0.1, -0.05) is 0 Å². The Balaban J connectivity index is 4.85. The van der Waals surface area contributed by atoms with Crippen molar-refractivity contribution >= 4 is 35.6 Å². The number of rotatable bonds is 13. The van der Waals surface area contributed by atoms with Gasteiger partial charge in [0.2, 0.25) is 23.6 Å². The standard InChI is InChI=1S/C15H25N5O9/c1-6(21)12(15(28)29)20-10(23)5-18-14(27)8(4-9(17)22)19-13(26)7(16)2-3-11(24)25/h6-8,12,21H,2-5,16H2,1H3,(H2,17,22)(H,18,27)(H,19,26)(H,20,23)(H,24,25)(H,28,29). The van der Waals surface area contributed by atoms with Gasteiger partial charge in [-0.15, -0.1) is 0 Å². The molecule has 0 aliphatic carbocycles. The van der Waals surface area contributed by atoms with Crippen molar-refractivity contribution in [2.45, 2.75) is 50.4 Å². The van der Waals surface area contributed by atoms with Crippen LogP contribution in [0.2, 0.25) is 0 Å². The smallest absolute Gasteiger partial charge is 0.328 e. The molecule has 0 rings (SSSR count). The minimum atomic E-state index is -1.60. The first-order valence-electron chi connectivity index (χ1n) is 8.39. The molecule has 0 aromatic carbocycles. The number of nitrogens with one attached hydrogen (secondary N) is 3. The predicted octanol–water partition coefficient (Wildman–Crippen LogP) is -4.39. The van der Waals surface area contributed by atoms with Gasteiger partial charge < -0.3 is 42.7 Å². The van der Waals surface area contributed by atoms with E-state index < -0.39 is 79.2 Å². The average molecular weight is 419 g/mol. The molecular formula is C15H25N5O9. The Hall–Kier alpha value is -3.26. The Morgan fingerprint density at radius 2 is 1.59 bits per heavy atom. The third kappa shape index (κ3) is 10.6. The first-order valence-corrected chi connectivity index (χ1v) is 8.39. The van der Waals surface area contributed by atoms with Gasteiger partial charge >= 0.3 is 11.9 Å². The van der Waals surface area contributed by atoms with E-state index in [-0.39, 0.29) is 6.42 Å². The molecule has 0 heterocycles. The molecule has 10 N–H and O–H groups in total. The zero-order chi connectivity index (χ0) is 22.7. The number of hydrogen-bond donors (Lipinski definition) is 8. The van der Waals surface area contributed by atoms with Crippen molar-refractivity contribution < 1.29 is 44.1 Å². The highest BCUT2D eigenvalue weighted by Gasteiger charge is 2.28. The van der Waals surface area contributed by atoms with E-state index >= 15 is 0 Å². The number of carboxylic acid groups (broad SMARTS) is 2. The van der Waals surface area contributed by atoms with Gasteiger partial charge in [-0.2, -0.15) is 0 Å². The van der Waals surface area contributed by atoms with E-state index in [0.29, 0.717) is 0 Å². The van der Waals surface area contributed by atoms with Crippen LogP contribution in [0, 0.1) is 0 Å². The molecule has 0 aliphatic heterocycles. The van der Waals surface area contributed by atoms with Crippen molar-refractivity contribution in [3.63, 3.8) is 0 Å². The van der Waals surface area contributed by atoms with Gasteiger partial charge in [0, 0.05) is 6.42 Å². The van der Waals surface area contributed by atoms with E-state index in [0.717, 1.165) is 6.92 Å². The molecule has 0 saturated heterocycles. The lowest BCUT2D eigenvalue weighted by atomic mass is 10.1. The van der Waals surface area contributed by atoms with E-state index in [1.165, 1.54) is 0 Å². The van der Waals surface area contributed by atoms with E-state index in [1.807, 2.05) is 5.32 Å². The van der Waals surface area contributed by atoms with Crippen molar-refractivity contribution in [3.8, 4) is 0 Å². The molecule has 0 bridgehead atoms. The van der Waals surface area contributed by atoms with Gasteiger partial charge in [0.15, 0.2) is 6.04 Å². The van der Waals surface area contributed by atoms with Crippen LogP contribution in [0.1, 0.15) is 26.2 Å². The van der Waals surface area contributed by atoms with Gasteiger partial charge in [-0.05, 0) is 13.3 Å². The number of carbonyl (C=O) groups is 6. The van der Waals surface area contributed by atoms with Crippen LogP contribution < -0.4 is 27.4 Å². The number of nitrogens with two attached hydrogens (primary N) is 2. The summed E-state index contributed by atoms with van der Waals surface area (Å²) < 4.78 is 0. The third-order valence-corrected chi connectivity index (χ3v) is 3.53. The van der Waals surface area contributed by atoms with Crippen LogP contribution in [0.15, 0.2) is 0 Å². The minimum absolute atomic E-state index is 0.218. The van der Waals surface area contributed by atoms with Crippen molar-refractivity contribution in [2.24, 2.45) is 11.5 Å². The molecule has 4 amide bonds. The highest BCUT2D eigenvalue weighted by atomic mass is 16.4. The van der Waals surface area contributed by atoms with Crippen LogP contribution in [0.3, 0.4) is 0 Å². The molecule has 4 atom stereocenters. The van der Waals surface area contributed by atoms with Gasteiger partial charge in [0.1, 0.15) is 6.04 Å². The van der Waals surface area contributed by atoms with Crippen LogP contribution in [0.25, 0.3) is 0 Å². The fourth-order valence-corrected chi connectivity index (χ4v) is 2.00. The molecule has 0 radical (unpaired) electrons. The lowest BCUT2D eigenvalue weighted by molar-refractivity contribution is -0.144. The van der Waals surface area contributed by atoms with E-state index in [2.05, 4.69) is 10.6 Å². The fourth-order valence-electron chi connectivity index (χ4n) is 2.00. The molecule has 4 unspecified atom stereocenters. The molecule has 14 nitrogen and oxygen atoms in total. The van der Waals surface area contributed by atoms with Crippen molar-refractivity contribution in [1.82, 2.24) is 16.0 Å². The normalized spacial score (nSPS) is 14.6. The van der Waals surface area contributed by atoms with Gasteiger partial charge in [0.25, 0.3) is 0 Å². The van der Waals surface area contributed by atoms with Crippen molar-refractivity contribution in [1.29, 1.82) is 0 Å². The Morgan fingerprint density at radius 1 is 1.00 bits per heavy atom. The number of carbonyl (C=O) groups excluding carboxylic acids is 4. The maximum absolute atomic E-state index is 12.1. The summed E-state index contributed by atoms with van der Waals surface area (Å²) in [6.45, 7) is 0.426. The number of primary amides is 1. The largest absolute Gasteiger partial charge is 0.481 e. The Kier molecular flexibility index (Phi) is 10.9. The fraction of sp³-hybridized carbons (Fsp3) is 0.600. The molecule has 0 saturated carbocycles. The minimum Gasteiger partial charge on any atom is -0.481 e. The molecule has 0 aromatic heterocycles. The number of aliphatic carboxylic acids is 2. The third-order valence-electron chi connectivity index (χ3n) is 3.53. The quantitative estimate of drug-likeness (QED) is 0.142. The highest BCUT2D eigenvalue weighted by Crippen LogP contribution is 1.99. The number of hydrogen-bond acceptors (Lipinski definition) is 8. The molecule has 0 fully saturated rings. The zero-order valence-corrected chi connectivity index (χ0v) is 15.6. The summed E-state index contributed by atoms with van der Waals surface area (Å²) in [6, 6.07) is -4.36. The topological polar surface area (TPSA) is 251 Å². The number of aliphatic hydroxyl groups excluding tert-OH is 1. The van der Waals surface area contributed by atoms with Crippen LogP contribution in [-0.4, -0.2) is 81.7 Å². The lowest BCUT2D eigenvalue weighted by Crippen LogP contribution is -2.55. The second-order valence-electron chi connectivity index (χ2n) is 6.11. The van der Waals surface area contributed by atoms with Gasteiger partial charge in [-0.3, -0.25) is 24.0 Å². The van der Waals surface area contributed by atoms with E-state index in [4.69, 9.17) is 21.7 Å². The Bertz CT molecular complexity index is 652. The number of carboxylic acids is 2. The average Bonchev–Trinajstić information content (AvgIpc) is 2.60. The molecule has 29 heavy (non-hydrogen) atoms. The monoisotopic (exact) mass is 419 g/mol. The Labute approximate surface area is 165 Å².